The van der Waals surface area contributed by atoms with Gasteiger partial charge in [0.25, 0.3) is 0 Å². The molecule has 0 N–H and O–H groups in total. The lowest BCUT2D eigenvalue weighted by Crippen LogP contribution is -2.50. The number of amides is 1. The van der Waals surface area contributed by atoms with Crippen LogP contribution in [0, 0.1) is 5.41 Å². The summed E-state index contributed by atoms with van der Waals surface area (Å²) in [6.07, 6.45) is 4.35. The van der Waals surface area contributed by atoms with Gasteiger partial charge < -0.3 is 9.47 Å². The van der Waals surface area contributed by atoms with Crippen molar-refractivity contribution in [2.24, 2.45) is 5.41 Å². The first-order valence-corrected chi connectivity index (χ1v) is 10.4. The van der Waals surface area contributed by atoms with Crippen LogP contribution in [-0.2, 0) is 9.47 Å². The molecule has 2 rings (SSSR count). The van der Waals surface area contributed by atoms with Crippen molar-refractivity contribution < 1.29 is 19.1 Å². The quantitative estimate of drug-likeness (QED) is 0.464. The van der Waals surface area contributed by atoms with Crippen LogP contribution in [0.15, 0.2) is 42.2 Å². The highest BCUT2D eigenvalue weighted by molar-refractivity contribution is 5.90. The van der Waals surface area contributed by atoms with Crippen LogP contribution in [0.3, 0.4) is 0 Å². The molecule has 1 aromatic carbocycles. The van der Waals surface area contributed by atoms with Crippen molar-refractivity contribution in [2.75, 3.05) is 0 Å². The topological polar surface area (TPSA) is 55.8 Å². The molecule has 1 aliphatic heterocycles. The minimum atomic E-state index is -0.560. The van der Waals surface area contributed by atoms with Crippen LogP contribution in [0.25, 0.3) is 0 Å². The molecule has 29 heavy (non-hydrogen) atoms. The van der Waals surface area contributed by atoms with Gasteiger partial charge in [0.1, 0.15) is 11.4 Å². The Morgan fingerprint density at radius 3 is 2.21 bits per heavy atom. The Bertz CT molecular complexity index is 740. The van der Waals surface area contributed by atoms with Crippen molar-refractivity contribution in [3.63, 3.8) is 0 Å². The van der Waals surface area contributed by atoms with Crippen molar-refractivity contribution in [1.82, 2.24) is 4.90 Å². The zero-order valence-electron chi connectivity index (χ0n) is 18.8. The maximum atomic E-state index is 12.9. The number of carbonyl (C=O) groups is 2. The van der Waals surface area contributed by atoms with Crippen molar-refractivity contribution in [3.05, 3.63) is 47.7 Å². The van der Waals surface area contributed by atoms with E-state index in [1.54, 1.807) is 17.0 Å². The lowest BCUT2D eigenvalue weighted by Gasteiger charge is -2.40. The number of rotatable bonds is 3. The first kappa shape index (κ1) is 23.0. The van der Waals surface area contributed by atoms with Crippen molar-refractivity contribution in [3.8, 4) is 0 Å². The summed E-state index contributed by atoms with van der Waals surface area (Å²) < 4.78 is 11.5. The number of allylic oxidation sites excluding steroid dienone is 1. The Balaban J connectivity index is 2.31. The Morgan fingerprint density at radius 1 is 1.03 bits per heavy atom. The third-order valence-electron chi connectivity index (χ3n) is 4.85. The molecule has 0 radical (unpaired) electrons. The predicted octanol–water partition coefficient (Wildman–Crippen LogP) is 5.95. The van der Waals surface area contributed by atoms with Crippen molar-refractivity contribution >= 4 is 12.1 Å². The van der Waals surface area contributed by atoms with Gasteiger partial charge in [0.2, 0.25) is 0 Å². The van der Waals surface area contributed by atoms with Crippen LogP contribution in [-0.4, -0.2) is 34.6 Å². The van der Waals surface area contributed by atoms with Crippen LogP contribution in [0.1, 0.15) is 78.1 Å². The minimum Gasteiger partial charge on any atom is -0.444 e. The number of piperidine rings is 1. The first-order valence-electron chi connectivity index (χ1n) is 10.4. The molecule has 5 nitrogen and oxygen atoms in total. The van der Waals surface area contributed by atoms with E-state index in [4.69, 9.17) is 9.47 Å². The highest BCUT2D eigenvalue weighted by Crippen LogP contribution is 2.32. The number of hydrogen-bond acceptors (Lipinski definition) is 4. The van der Waals surface area contributed by atoms with E-state index in [9.17, 15) is 9.59 Å². The van der Waals surface area contributed by atoms with E-state index >= 15 is 0 Å². The number of carbonyl (C=O) groups excluding carboxylic acids is 2. The molecule has 1 amide bonds. The molecule has 2 atom stereocenters. The second kappa shape index (κ2) is 9.02. The molecule has 1 aromatic rings. The second-order valence-corrected chi connectivity index (χ2v) is 9.77. The van der Waals surface area contributed by atoms with E-state index in [0.29, 0.717) is 11.3 Å². The summed E-state index contributed by atoms with van der Waals surface area (Å²) in [5.74, 6) is 0.179. The summed E-state index contributed by atoms with van der Waals surface area (Å²) in [7, 11) is 0. The van der Waals surface area contributed by atoms with Gasteiger partial charge in [0, 0.05) is 11.5 Å². The molecule has 0 aromatic heterocycles. The lowest BCUT2D eigenvalue weighted by atomic mass is 9.89. The fourth-order valence-corrected chi connectivity index (χ4v) is 3.37. The molecule has 0 saturated carbocycles. The fourth-order valence-electron chi connectivity index (χ4n) is 3.37. The normalized spacial score (nSPS) is 20.9. The molecule has 0 spiro atoms. The molecule has 1 fully saturated rings. The Hall–Kier alpha value is -2.30. The molecule has 160 valence electrons. The number of hydrogen-bond donors (Lipinski definition) is 0. The molecule has 1 heterocycles. The molecular formula is C24H35NO4. The van der Waals surface area contributed by atoms with Crippen LogP contribution in [0.5, 0.6) is 0 Å². The monoisotopic (exact) mass is 401 g/mol. The average Bonchev–Trinajstić information content (AvgIpc) is 2.59. The number of ether oxygens (including phenoxy) is 2. The maximum absolute atomic E-state index is 12.9. The zero-order chi connectivity index (χ0) is 21.8. The van der Waals surface area contributed by atoms with E-state index in [0.717, 1.165) is 19.3 Å². The van der Waals surface area contributed by atoms with E-state index in [1.165, 1.54) is 0 Å². The van der Waals surface area contributed by atoms with Crippen LogP contribution in [0.2, 0.25) is 0 Å². The maximum Gasteiger partial charge on any atom is 0.411 e. The molecular weight excluding hydrogens is 366 g/mol. The largest absolute Gasteiger partial charge is 0.444 e. The Kier molecular flexibility index (Phi) is 7.15. The van der Waals surface area contributed by atoms with Crippen LogP contribution in [0.4, 0.5) is 4.79 Å². The van der Waals surface area contributed by atoms with Crippen LogP contribution < -0.4 is 0 Å². The van der Waals surface area contributed by atoms with Gasteiger partial charge in [-0.1, -0.05) is 39.0 Å². The SMILES string of the molecule is CC1CCCC(/C=C(/OC(=O)c2ccccc2)C(C)(C)C)N1C(=O)OC(C)(C)C. The fraction of sp³-hybridized carbons (Fsp3) is 0.583. The van der Waals surface area contributed by atoms with Gasteiger partial charge in [-0.15, -0.1) is 0 Å². The van der Waals surface area contributed by atoms with E-state index in [2.05, 4.69) is 0 Å². The Morgan fingerprint density at radius 2 is 1.66 bits per heavy atom. The zero-order valence-corrected chi connectivity index (χ0v) is 18.8. The Labute approximate surface area is 175 Å². The summed E-state index contributed by atoms with van der Waals surface area (Å²) in [4.78, 5) is 27.3. The van der Waals surface area contributed by atoms with Gasteiger partial charge >= 0.3 is 12.1 Å². The number of esters is 1. The molecule has 1 aliphatic rings. The highest BCUT2D eigenvalue weighted by Gasteiger charge is 2.35. The van der Waals surface area contributed by atoms with Crippen molar-refractivity contribution in [1.29, 1.82) is 0 Å². The van der Waals surface area contributed by atoms with Gasteiger partial charge in [-0.05, 0) is 65.2 Å². The first-order chi connectivity index (χ1) is 13.4. The number of likely N-dealkylation sites (tertiary alicyclic amines) is 1. The summed E-state index contributed by atoms with van der Waals surface area (Å²) in [5.41, 5.74) is -0.441. The van der Waals surface area contributed by atoms with E-state index in [-0.39, 0.29) is 29.6 Å². The average molecular weight is 402 g/mol. The lowest BCUT2D eigenvalue weighted by molar-refractivity contribution is 0.00290. The smallest absolute Gasteiger partial charge is 0.411 e. The molecule has 0 aliphatic carbocycles. The van der Waals surface area contributed by atoms with Gasteiger partial charge in [-0.25, -0.2) is 9.59 Å². The summed E-state index contributed by atoms with van der Waals surface area (Å²) in [6, 6.07) is 8.84. The highest BCUT2D eigenvalue weighted by atomic mass is 16.6. The van der Waals surface area contributed by atoms with E-state index < -0.39 is 5.60 Å². The van der Waals surface area contributed by atoms with Crippen LogP contribution >= 0.6 is 0 Å². The third-order valence-corrected chi connectivity index (χ3v) is 4.85. The van der Waals surface area contributed by atoms with Gasteiger partial charge in [0.15, 0.2) is 0 Å². The molecule has 2 unspecified atom stereocenters. The van der Waals surface area contributed by atoms with E-state index in [1.807, 2.05) is 72.7 Å². The summed E-state index contributed by atoms with van der Waals surface area (Å²) in [6.45, 7) is 13.6. The molecule has 1 saturated heterocycles. The second-order valence-electron chi connectivity index (χ2n) is 9.77. The number of benzene rings is 1. The molecule has 5 heteroatoms. The standard InChI is InChI=1S/C24H35NO4/c1-17-12-11-15-19(25(17)22(27)29-24(5,6)7)16-20(23(2,3)4)28-21(26)18-13-9-8-10-14-18/h8-10,13-14,16-17,19H,11-12,15H2,1-7H3/b20-16+. The minimum absolute atomic E-state index is 0.0610. The van der Waals surface area contributed by atoms with Gasteiger partial charge in [-0.3, -0.25) is 4.90 Å². The molecule has 0 bridgehead atoms. The third kappa shape index (κ3) is 6.62. The predicted molar refractivity (Wildman–Crippen MR) is 115 cm³/mol. The van der Waals surface area contributed by atoms with Gasteiger partial charge in [-0.2, -0.15) is 0 Å². The summed E-state index contributed by atoms with van der Waals surface area (Å²) >= 11 is 0. The number of nitrogens with zero attached hydrogens (tertiary/aromatic N) is 1. The van der Waals surface area contributed by atoms with Gasteiger partial charge in [0.05, 0.1) is 11.6 Å². The summed E-state index contributed by atoms with van der Waals surface area (Å²) in [5, 5.41) is 0. The van der Waals surface area contributed by atoms with Crippen molar-refractivity contribution in [2.45, 2.75) is 85.4 Å².